The quantitative estimate of drug-likeness (QED) is 0.879. The number of imidazole rings is 1. The van der Waals surface area contributed by atoms with E-state index in [2.05, 4.69) is 29.8 Å². The zero-order valence-electron chi connectivity index (χ0n) is 12.5. The molecule has 1 fully saturated rings. The first kappa shape index (κ1) is 13.4. The second-order valence-electron chi connectivity index (χ2n) is 5.92. The van der Waals surface area contributed by atoms with E-state index in [-0.39, 0.29) is 0 Å². The van der Waals surface area contributed by atoms with E-state index >= 15 is 0 Å². The number of methoxy groups -OCH3 is 1. The van der Waals surface area contributed by atoms with Crippen molar-refractivity contribution in [3.05, 3.63) is 24.0 Å². The van der Waals surface area contributed by atoms with Crippen LogP contribution in [0.1, 0.15) is 38.6 Å². The maximum atomic E-state index is 5.29. The lowest BCUT2D eigenvalue weighted by Crippen LogP contribution is -2.20. The highest BCUT2D eigenvalue weighted by atomic mass is 16.5. The Kier molecular flexibility index (Phi) is 3.66. The summed E-state index contributed by atoms with van der Waals surface area (Å²) >= 11 is 0. The van der Waals surface area contributed by atoms with Gasteiger partial charge in [-0.05, 0) is 51.3 Å². The summed E-state index contributed by atoms with van der Waals surface area (Å²) in [5.74, 6) is 2.87. The van der Waals surface area contributed by atoms with Gasteiger partial charge in [0.1, 0.15) is 11.6 Å². The molecule has 4 nitrogen and oxygen atoms in total. The number of ether oxygens (including phenoxy) is 1. The van der Waals surface area contributed by atoms with Gasteiger partial charge in [-0.2, -0.15) is 0 Å². The number of rotatable bonds is 6. The molecule has 4 heteroatoms. The molecule has 1 aliphatic carbocycles. The minimum atomic E-state index is 0.408. The fourth-order valence-electron chi connectivity index (χ4n) is 2.67. The summed E-state index contributed by atoms with van der Waals surface area (Å²) in [6, 6.07) is 6.53. The molecule has 3 rings (SSSR count). The van der Waals surface area contributed by atoms with Crippen molar-refractivity contribution in [1.29, 1.82) is 0 Å². The van der Waals surface area contributed by atoms with E-state index < -0.39 is 0 Å². The molecule has 1 aliphatic rings. The van der Waals surface area contributed by atoms with E-state index in [0.29, 0.717) is 6.04 Å². The Morgan fingerprint density at radius 1 is 1.40 bits per heavy atom. The topological polar surface area (TPSA) is 39.1 Å². The monoisotopic (exact) mass is 273 g/mol. The molecular weight excluding hydrogens is 250 g/mol. The number of nitrogens with zero attached hydrogens (tertiary/aromatic N) is 2. The highest BCUT2D eigenvalue weighted by Gasteiger charge is 2.21. The van der Waals surface area contributed by atoms with Crippen molar-refractivity contribution < 1.29 is 4.74 Å². The molecule has 1 saturated carbocycles. The molecule has 0 bridgehead atoms. The smallest absolute Gasteiger partial charge is 0.124 e. The molecule has 108 valence electrons. The normalized spacial score (nSPS) is 15.2. The molecule has 0 amide bonds. The van der Waals surface area contributed by atoms with Gasteiger partial charge in [0.25, 0.3) is 0 Å². The van der Waals surface area contributed by atoms with E-state index in [0.717, 1.165) is 36.1 Å². The summed E-state index contributed by atoms with van der Waals surface area (Å²) in [6.07, 6.45) is 2.76. The first-order valence-corrected chi connectivity index (χ1v) is 7.44. The van der Waals surface area contributed by atoms with Crippen LogP contribution in [0.4, 0.5) is 0 Å². The van der Waals surface area contributed by atoms with Gasteiger partial charge in [0, 0.05) is 12.1 Å². The van der Waals surface area contributed by atoms with Crippen LogP contribution in [0.2, 0.25) is 0 Å². The molecule has 2 aromatic rings. The molecular formula is C16H23N3O. The standard InChI is InChI=1S/C16H23N3O/c1-11(2)19-15-7-6-13(20-3)8-14(15)18-16(19)10-17-9-12-4-5-12/h6-8,11-12,17H,4-5,9-10H2,1-3H3. The number of nitrogens with one attached hydrogen (secondary N) is 1. The van der Waals surface area contributed by atoms with Gasteiger partial charge in [-0.1, -0.05) is 0 Å². The van der Waals surface area contributed by atoms with E-state index in [1.54, 1.807) is 7.11 Å². The number of hydrogen-bond acceptors (Lipinski definition) is 3. The highest BCUT2D eigenvalue weighted by molar-refractivity contribution is 5.78. The van der Waals surface area contributed by atoms with Crippen LogP contribution in [0, 0.1) is 5.92 Å². The van der Waals surface area contributed by atoms with Crippen LogP contribution in [-0.4, -0.2) is 23.2 Å². The third-order valence-corrected chi connectivity index (χ3v) is 3.90. The second kappa shape index (κ2) is 5.44. The summed E-state index contributed by atoms with van der Waals surface area (Å²) in [7, 11) is 1.69. The van der Waals surface area contributed by atoms with Crippen LogP contribution in [0.25, 0.3) is 11.0 Å². The predicted molar refractivity (Wildman–Crippen MR) is 81.1 cm³/mol. The zero-order chi connectivity index (χ0) is 14.1. The largest absolute Gasteiger partial charge is 0.497 e. The van der Waals surface area contributed by atoms with Crippen LogP contribution in [0.15, 0.2) is 18.2 Å². The third-order valence-electron chi connectivity index (χ3n) is 3.90. The number of benzene rings is 1. The van der Waals surface area contributed by atoms with E-state index in [4.69, 9.17) is 9.72 Å². The van der Waals surface area contributed by atoms with E-state index in [1.807, 2.05) is 12.1 Å². The Labute approximate surface area is 120 Å². The molecule has 1 aromatic carbocycles. The summed E-state index contributed by atoms with van der Waals surface area (Å²) in [6.45, 7) is 6.36. The maximum absolute atomic E-state index is 5.29. The minimum absolute atomic E-state index is 0.408. The van der Waals surface area contributed by atoms with Crippen molar-refractivity contribution in [2.45, 2.75) is 39.3 Å². The molecule has 1 N–H and O–H groups in total. The Bertz CT molecular complexity index is 599. The molecule has 0 atom stereocenters. The third kappa shape index (κ3) is 2.66. The zero-order valence-corrected chi connectivity index (χ0v) is 12.5. The predicted octanol–water partition coefficient (Wildman–Crippen LogP) is 3.13. The Hall–Kier alpha value is -1.55. The lowest BCUT2D eigenvalue weighted by atomic mass is 10.2. The number of aromatic nitrogens is 2. The lowest BCUT2D eigenvalue weighted by molar-refractivity contribution is 0.415. The minimum Gasteiger partial charge on any atom is -0.497 e. The van der Waals surface area contributed by atoms with Crippen molar-refractivity contribution in [1.82, 2.24) is 14.9 Å². The van der Waals surface area contributed by atoms with Gasteiger partial charge in [-0.15, -0.1) is 0 Å². The SMILES string of the molecule is COc1ccc2c(c1)nc(CNCC1CC1)n2C(C)C. The summed E-state index contributed by atoms with van der Waals surface area (Å²) < 4.78 is 7.60. The highest BCUT2D eigenvalue weighted by Crippen LogP contribution is 2.28. The first-order chi connectivity index (χ1) is 9.69. The van der Waals surface area contributed by atoms with E-state index in [1.165, 1.54) is 18.4 Å². The van der Waals surface area contributed by atoms with Crippen molar-refractivity contribution in [3.63, 3.8) is 0 Å². The van der Waals surface area contributed by atoms with Gasteiger partial charge in [0.05, 0.1) is 24.7 Å². The number of hydrogen-bond donors (Lipinski definition) is 1. The van der Waals surface area contributed by atoms with Gasteiger partial charge in [-0.25, -0.2) is 4.98 Å². The maximum Gasteiger partial charge on any atom is 0.124 e. The molecule has 0 saturated heterocycles. The molecule has 0 unspecified atom stereocenters. The fourth-order valence-corrected chi connectivity index (χ4v) is 2.67. The van der Waals surface area contributed by atoms with Gasteiger partial charge >= 0.3 is 0 Å². The van der Waals surface area contributed by atoms with Crippen molar-refractivity contribution in [2.75, 3.05) is 13.7 Å². The molecule has 20 heavy (non-hydrogen) atoms. The Morgan fingerprint density at radius 3 is 2.85 bits per heavy atom. The first-order valence-electron chi connectivity index (χ1n) is 7.44. The summed E-state index contributed by atoms with van der Waals surface area (Å²) in [5.41, 5.74) is 2.20. The summed E-state index contributed by atoms with van der Waals surface area (Å²) in [4.78, 5) is 4.78. The fraction of sp³-hybridized carbons (Fsp3) is 0.562. The van der Waals surface area contributed by atoms with Crippen molar-refractivity contribution in [3.8, 4) is 5.75 Å². The Balaban J connectivity index is 1.89. The van der Waals surface area contributed by atoms with Crippen molar-refractivity contribution >= 4 is 11.0 Å². The lowest BCUT2D eigenvalue weighted by Gasteiger charge is -2.13. The van der Waals surface area contributed by atoms with E-state index in [9.17, 15) is 0 Å². The molecule has 1 heterocycles. The molecule has 1 aromatic heterocycles. The van der Waals surface area contributed by atoms with Crippen LogP contribution in [0.3, 0.4) is 0 Å². The number of fused-ring (bicyclic) bond motifs is 1. The molecule has 0 radical (unpaired) electrons. The van der Waals surface area contributed by atoms with Crippen LogP contribution >= 0.6 is 0 Å². The van der Waals surface area contributed by atoms with Crippen LogP contribution < -0.4 is 10.1 Å². The van der Waals surface area contributed by atoms with Gasteiger partial charge < -0.3 is 14.6 Å². The van der Waals surface area contributed by atoms with Gasteiger partial charge in [0.2, 0.25) is 0 Å². The summed E-state index contributed by atoms with van der Waals surface area (Å²) in [5, 5.41) is 3.53. The van der Waals surface area contributed by atoms with Gasteiger partial charge in [-0.3, -0.25) is 0 Å². The Morgan fingerprint density at radius 2 is 2.20 bits per heavy atom. The van der Waals surface area contributed by atoms with Crippen LogP contribution in [0.5, 0.6) is 5.75 Å². The van der Waals surface area contributed by atoms with Crippen LogP contribution in [-0.2, 0) is 6.54 Å². The van der Waals surface area contributed by atoms with Gasteiger partial charge in [0.15, 0.2) is 0 Å². The second-order valence-corrected chi connectivity index (χ2v) is 5.92. The average Bonchev–Trinajstić information content (AvgIpc) is 3.17. The molecule has 0 aliphatic heterocycles. The average molecular weight is 273 g/mol. The molecule has 0 spiro atoms. The van der Waals surface area contributed by atoms with Crippen molar-refractivity contribution in [2.24, 2.45) is 5.92 Å².